The van der Waals surface area contributed by atoms with Crippen molar-refractivity contribution < 1.29 is 4.74 Å². The molecule has 1 aliphatic rings. The molecule has 1 aromatic heterocycles. The van der Waals surface area contributed by atoms with Gasteiger partial charge < -0.3 is 10.1 Å². The van der Waals surface area contributed by atoms with Crippen LogP contribution >= 0.6 is 23.2 Å². The van der Waals surface area contributed by atoms with E-state index in [-0.39, 0.29) is 17.3 Å². The molecule has 1 fully saturated rings. The third-order valence-corrected chi connectivity index (χ3v) is 3.67. The SMILES string of the molecule is CO[C@H](C)C1CNC[C@@H]1c1cc(Cl)nc(Cl)n1. The highest BCUT2D eigenvalue weighted by molar-refractivity contribution is 6.31. The predicted molar refractivity (Wildman–Crippen MR) is 67.6 cm³/mol. The van der Waals surface area contributed by atoms with Gasteiger partial charge in [0.1, 0.15) is 5.15 Å². The van der Waals surface area contributed by atoms with Gasteiger partial charge in [0.25, 0.3) is 0 Å². The van der Waals surface area contributed by atoms with Crippen molar-refractivity contribution in [3.05, 3.63) is 22.2 Å². The largest absolute Gasteiger partial charge is 0.381 e. The number of methoxy groups -OCH3 is 1. The van der Waals surface area contributed by atoms with E-state index in [2.05, 4.69) is 22.2 Å². The first-order valence-corrected chi connectivity index (χ1v) is 6.31. The van der Waals surface area contributed by atoms with Gasteiger partial charge in [-0.05, 0) is 24.6 Å². The third-order valence-electron chi connectivity index (χ3n) is 3.30. The fraction of sp³-hybridized carbons (Fsp3) is 0.636. The zero-order valence-corrected chi connectivity index (χ0v) is 11.3. The zero-order chi connectivity index (χ0) is 12.4. The average Bonchev–Trinajstić information content (AvgIpc) is 2.75. The Bertz CT molecular complexity index is 382. The highest BCUT2D eigenvalue weighted by atomic mass is 35.5. The first-order chi connectivity index (χ1) is 8.11. The lowest BCUT2D eigenvalue weighted by Gasteiger charge is -2.23. The summed E-state index contributed by atoms with van der Waals surface area (Å²) in [5, 5.41) is 3.93. The Hall–Kier alpha value is -0.420. The van der Waals surface area contributed by atoms with Gasteiger partial charge in [-0.25, -0.2) is 9.97 Å². The Morgan fingerprint density at radius 2 is 2.18 bits per heavy atom. The highest BCUT2D eigenvalue weighted by Crippen LogP contribution is 2.31. The Labute approximate surface area is 111 Å². The summed E-state index contributed by atoms with van der Waals surface area (Å²) in [6.45, 7) is 3.84. The molecule has 0 amide bonds. The maximum Gasteiger partial charge on any atom is 0.224 e. The number of nitrogens with zero attached hydrogens (tertiary/aromatic N) is 2. The number of rotatable bonds is 3. The van der Waals surface area contributed by atoms with E-state index in [0.717, 1.165) is 18.8 Å². The molecule has 0 aromatic carbocycles. The molecule has 94 valence electrons. The van der Waals surface area contributed by atoms with Gasteiger partial charge in [0, 0.05) is 32.0 Å². The van der Waals surface area contributed by atoms with E-state index in [0.29, 0.717) is 11.1 Å². The van der Waals surface area contributed by atoms with Crippen molar-refractivity contribution in [1.29, 1.82) is 0 Å². The summed E-state index contributed by atoms with van der Waals surface area (Å²) in [6.07, 6.45) is 0.169. The Kier molecular flexibility index (Phi) is 4.20. The van der Waals surface area contributed by atoms with Crippen LogP contribution in [0.25, 0.3) is 0 Å². The Morgan fingerprint density at radius 1 is 1.41 bits per heavy atom. The molecule has 17 heavy (non-hydrogen) atoms. The van der Waals surface area contributed by atoms with Crippen molar-refractivity contribution in [2.45, 2.75) is 18.9 Å². The van der Waals surface area contributed by atoms with Gasteiger partial charge in [-0.3, -0.25) is 0 Å². The lowest BCUT2D eigenvalue weighted by molar-refractivity contribution is 0.0675. The monoisotopic (exact) mass is 275 g/mol. The minimum absolute atomic E-state index is 0.169. The summed E-state index contributed by atoms with van der Waals surface area (Å²) in [5.74, 6) is 0.644. The molecule has 2 rings (SSSR count). The van der Waals surface area contributed by atoms with Gasteiger partial charge in [0.05, 0.1) is 11.8 Å². The topological polar surface area (TPSA) is 47.0 Å². The molecule has 1 aliphatic heterocycles. The van der Waals surface area contributed by atoms with Gasteiger partial charge in [-0.1, -0.05) is 11.6 Å². The highest BCUT2D eigenvalue weighted by Gasteiger charge is 2.34. The van der Waals surface area contributed by atoms with E-state index in [4.69, 9.17) is 27.9 Å². The molecule has 0 spiro atoms. The number of ether oxygens (including phenoxy) is 1. The van der Waals surface area contributed by atoms with Gasteiger partial charge in [-0.2, -0.15) is 0 Å². The summed E-state index contributed by atoms with van der Waals surface area (Å²) in [6, 6.07) is 1.78. The minimum atomic E-state index is 0.169. The van der Waals surface area contributed by atoms with Crippen molar-refractivity contribution in [3.63, 3.8) is 0 Å². The summed E-state index contributed by atoms with van der Waals surface area (Å²) < 4.78 is 5.40. The Balaban J connectivity index is 2.25. The van der Waals surface area contributed by atoms with E-state index in [1.807, 2.05) is 0 Å². The average molecular weight is 276 g/mol. The van der Waals surface area contributed by atoms with Crippen LogP contribution in [0.4, 0.5) is 0 Å². The zero-order valence-electron chi connectivity index (χ0n) is 9.78. The maximum absolute atomic E-state index is 5.90. The number of halogens is 2. The predicted octanol–water partition coefficient (Wildman–Crippen LogP) is 2.12. The molecule has 6 heteroatoms. The number of hydrogen-bond donors (Lipinski definition) is 1. The van der Waals surface area contributed by atoms with Crippen molar-refractivity contribution in [1.82, 2.24) is 15.3 Å². The van der Waals surface area contributed by atoms with E-state index in [9.17, 15) is 0 Å². The molecule has 0 saturated carbocycles. The molecule has 0 radical (unpaired) electrons. The van der Waals surface area contributed by atoms with Crippen molar-refractivity contribution in [2.24, 2.45) is 5.92 Å². The van der Waals surface area contributed by atoms with Crippen LogP contribution in [-0.4, -0.2) is 36.3 Å². The molecule has 0 bridgehead atoms. The second kappa shape index (κ2) is 5.48. The smallest absolute Gasteiger partial charge is 0.224 e. The quantitative estimate of drug-likeness (QED) is 0.678. The van der Waals surface area contributed by atoms with Crippen LogP contribution in [0.5, 0.6) is 0 Å². The number of nitrogens with one attached hydrogen (secondary N) is 1. The van der Waals surface area contributed by atoms with Gasteiger partial charge in [-0.15, -0.1) is 0 Å². The molecule has 0 aliphatic carbocycles. The summed E-state index contributed by atoms with van der Waals surface area (Å²) in [7, 11) is 1.72. The van der Waals surface area contributed by atoms with Crippen LogP contribution in [0.3, 0.4) is 0 Å². The molecule has 1 saturated heterocycles. The van der Waals surface area contributed by atoms with Crippen LogP contribution in [-0.2, 0) is 4.74 Å². The van der Waals surface area contributed by atoms with Crippen LogP contribution in [0.1, 0.15) is 18.5 Å². The van der Waals surface area contributed by atoms with E-state index < -0.39 is 0 Å². The normalized spacial score (nSPS) is 26.1. The third kappa shape index (κ3) is 2.88. The van der Waals surface area contributed by atoms with Gasteiger partial charge in [0.2, 0.25) is 5.28 Å². The second-order valence-electron chi connectivity index (χ2n) is 4.25. The molecular formula is C11H15Cl2N3O. The molecular weight excluding hydrogens is 261 g/mol. The molecule has 1 aromatic rings. The van der Waals surface area contributed by atoms with E-state index in [1.165, 1.54) is 0 Å². The Morgan fingerprint density at radius 3 is 2.82 bits per heavy atom. The van der Waals surface area contributed by atoms with Gasteiger partial charge >= 0.3 is 0 Å². The summed E-state index contributed by atoms with van der Waals surface area (Å²) in [4.78, 5) is 8.12. The summed E-state index contributed by atoms with van der Waals surface area (Å²) in [5.41, 5.74) is 0.883. The lowest BCUT2D eigenvalue weighted by Crippen LogP contribution is -2.26. The first-order valence-electron chi connectivity index (χ1n) is 5.55. The van der Waals surface area contributed by atoms with Crippen LogP contribution < -0.4 is 5.32 Å². The first kappa shape index (κ1) is 13.0. The van der Waals surface area contributed by atoms with Crippen LogP contribution in [0, 0.1) is 5.92 Å². The minimum Gasteiger partial charge on any atom is -0.381 e. The molecule has 4 nitrogen and oxygen atoms in total. The molecule has 1 N–H and O–H groups in total. The fourth-order valence-corrected chi connectivity index (χ4v) is 2.71. The lowest BCUT2D eigenvalue weighted by atomic mass is 9.89. The van der Waals surface area contributed by atoms with Gasteiger partial charge in [0.15, 0.2) is 0 Å². The number of aromatic nitrogens is 2. The standard InChI is InChI=1S/C11H15Cl2N3O/c1-6(17-2)7-4-14-5-8(7)9-3-10(12)16-11(13)15-9/h3,6-8,14H,4-5H2,1-2H3/t6-,7?,8+/m1/s1. The van der Waals surface area contributed by atoms with Crippen molar-refractivity contribution >= 4 is 23.2 Å². The van der Waals surface area contributed by atoms with Crippen LogP contribution in [0.15, 0.2) is 6.07 Å². The van der Waals surface area contributed by atoms with E-state index in [1.54, 1.807) is 13.2 Å². The van der Waals surface area contributed by atoms with Crippen LogP contribution in [0.2, 0.25) is 10.4 Å². The maximum atomic E-state index is 5.90. The second-order valence-corrected chi connectivity index (χ2v) is 4.98. The number of hydrogen-bond acceptors (Lipinski definition) is 4. The molecule has 2 heterocycles. The summed E-state index contributed by atoms with van der Waals surface area (Å²) >= 11 is 11.7. The molecule has 1 unspecified atom stereocenters. The van der Waals surface area contributed by atoms with Crippen molar-refractivity contribution in [3.8, 4) is 0 Å². The molecule has 3 atom stereocenters. The van der Waals surface area contributed by atoms with Crippen molar-refractivity contribution in [2.75, 3.05) is 20.2 Å². The fourth-order valence-electron chi connectivity index (χ4n) is 2.29. The van der Waals surface area contributed by atoms with E-state index >= 15 is 0 Å².